The van der Waals surface area contributed by atoms with E-state index in [9.17, 15) is 0 Å². The highest BCUT2D eigenvalue weighted by atomic mass is 15.3. The molecule has 1 aromatic rings. The molecular weight excluding hydrogens is 356 g/mol. The van der Waals surface area contributed by atoms with Crippen LogP contribution in [0.4, 0.5) is 0 Å². The van der Waals surface area contributed by atoms with E-state index in [1.54, 1.807) is 0 Å². The first-order valence-electron chi connectivity index (χ1n) is 12.0. The number of hydrogen-bond acceptors (Lipinski definition) is 3. The summed E-state index contributed by atoms with van der Waals surface area (Å²) < 4.78 is 1.89. The van der Waals surface area contributed by atoms with Crippen molar-refractivity contribution in [3.63, 3.8) is 0 Å². The average Bonchev–Trinajstić information content (AvgIpc) is 3.21. The number of fused-ring (bicyclic) bond motifs is 5. The molecule has 0 amide bonds. The molecule has 4 aliphatic carbocycles. The Kier molecular flexibility index (Phi) is 4.75. The van der Waals surface area contributed by atoms with Gasteiger partial charge in [0.25, 0.3) is 0 Å². The van der Waals surface area contributed by atoms with Crippen molar-refractivity contribution in [1.82, 2.24) is 9.78 Å². The fraction of sp³-hybridized carbons (Fsp3) is 0.800. The van der Waals surface area contributed by atoms with Crippen LogP contribution in [0, 0.1) is 41.4 Å². The van der Waals surface area contributed by atoms with Crippen LogP contribution in [-0.4, -0.2) is 21.7 Å². The smallest absolute Gasteiger partial charge is 0.0602 e. The van der Waals surface area contributed by atoms with E-state index in [1.165, 1.54) is 63.5 Å². The van der Waals surface area contributed by atoms with E-state index in [2.05, 4.69) is 31.0 Å². The molecule has 1 heterocycles. The van der Waals surface area contributed by atoms with E-state index in [4.69, 9.17) is 5.10 Å². The molecule has 0 spiro atoms. The molecule has 4 aliphatic rings. The van der Waals surface area contributed by atoms with Crippen molar-refractivity contribution < 1.29 is 0 Å². The Hall–Kier alpha value is -1.45. The minimum atomic E-state index is 0.278. The topological polar surface area (TPSA) is 42.5 Å². The van der Waals surface area contributed by atoms with Gasteiger partial charge in [0.2, 0.25) is 0 Å². The molecule has 0 saturated heterocycles. The van der Waals surface area contributed by atoms with Crippen LogP contribution in [0.3, 0.4) is 0 Å². The molecule has 4 fully saturated rings. The second kappa shape index (κ2) is 7.06. The zero-order chi connectivity index (χ0) is 20.2. The maximum Gasteiger partial charge on any atom is 0.0602 e. The average molecular weight is 395 g/mol. The van der Waals surface area contributed by atoms with Crippen LogP contribution in [0.2, 0.25) is 0 Å². The minimum Gasteiger partial charge on any atom is -0.272 e. The van der Waals surface area contributed by atoms with E-state index in [0.717, 1.165) is 41.3 Å². The minimum absolute atomic E-state index is 0.278. The van der Waals surface area contributed by atoms with E-state index < -0.39 is 0 Å². The van der Waals surface area contributed by atoms with E-state index in [-0.39, 0.29) is 5.41 Å². The van der Waals surface area contributed by atoms with Crippen molar-refractivity contribution in [2.24, 2.45) is 51.8 Å². The van der Waals surface area contributed by atoms with Gasteiger partial charge in [-0.2, -0.15) is 15.3 Å². The molecule has 0 N–H and O–H groups in total. The van der Waals surface area contributed by atoms with Crippen LogP contribution >= 0.6 is 0 Å². The van der Waals surface area contributed by atoms with Crippen molar-refractivity contribution in [3.05, 3.63) is 17.5 Å². The summed E-state index contributed by atoms with van der Waals surface area (Å²) in [6, 6.07) is 0. The van der Waals surface area contributed by atoms with Gasteiger partial charge in [-0.05, 0) is 87.4 Å². The van der Waals surface area contributed by atoms with Crippen LogP contribution in [0.1, 0.15) is 89.3 Å². The molecule has 0 bridgehead atoms. The van der Waals surface area contributed by atoms with Crippen LogP contribution < -0.4 is 0 Å². The van der Waals surface area contributed by atoms with Gasteiger partial charge >= 0.3 is 0 Å². The second-order valence-corrected chi connectivity index (χ2v) is 11.0. The summed E-state index contributed by atoms with van der Waals surface area (Å²) >= 11 is 0. The highest BCUT2D eigenvalue weighted by Crippen LogP contribution is 2.65. The molecule has 0 aromatic carbocycles. The van der Waals surface area contributed by atoms with Crippen molar-refractivity contribution >= 4 is 11.9 Å². The third-order valence-electron chi connectivity index (χ3n) is 9.97. The first-order chi connectivity index (χ1) is 13.9. The number of aryl methyl sites for hydroxylation is 1. The van der Waals surface area contributed by atoms with Gasteiger partial charge in [-0.3, -0.25) is 4.68 Å². The molecule has 1 aromatic heterocycles. The second-order valence-electron chi connectivity index (χ2n) is 11.0. The summed E-state index contributed by atoms with van der Waals surface area (Å²) in [4.78, 5) is 0. The molecule has 0 unspecified atom stereocenters. The largest absolute Gasteiger partial charge is 0.272 e. The lowest BCUT2D eigenvalue weighted by atomic mass is 9.45. The van der Waals surface area contributed by atoms with E-state index >= 15 is 0 Å². The molecule has 6 atom stereocenters. The summed E-state index contributed by atoms with van der Waals surface area (Å²) in [5.74, 6) is 3.71. The Labute approximate surface area is 176 Å². The molecular formula is C25H38N4. The molecule has 4 saturated carbocycles. The predicted molar refractivity (Wildman–Crippen MR) is 119 cm³/mol. The summed E-state index contributed by atoms with van der Waals surface area (Å²) in [7, 11) is 1.97. The van der Waals surface area contributed by atoms with Crippen molar-refractivity contribution in [3.8, 4) is 0 Å². The van der Waals surface area contributed by atoms with E-state index in [1.807, 2.05) is 24.1 Å². The predicted octanol–water partition coefficient (Wildman–Crippen LogP) is 5.94. The highest BCUT2D eigenvalue weighted by molar-refractivity contribution is 5.93. The van der Waals surface area contributed by atoms with Crippen LogP contribution in [0.25, 0.3) is 0 Å². The van der Waals surface area contributed by atoms with Gasteiger partial charge in [-0.15, -0.1) is 0 Å². The van der Waals surface area contributed by atoms with Gasteiger partial charge in [0.1, 0.15) is 0 Å². The van der Waals surface area contributed by atoms with Gasteiger partial charge in [-0.25, -0.2) is 0 Å². The SMILES string of the molecule is Cc1c(/C=N\N=C2/CC[C@@H]3[C@H]4CC[C@@H]5CCCC[C@]5(C)[C@@H]4CC[C@@]23C)cnn1C. The molecule has 5 rings (SSSR count). The molecule has 0 radical (unpaired) electrons. The lowest BCUT2D eigenvalue weighted by Crippen LogP contribution is -2.52. The quantitative estimate of drug-likeness (QED) is 0.452. The van der Waals surface area contributed by atoms with Crippen LogP contribution in [0.15, 0.2) is 16.4 Å². The Morgan fingerprint density at radius 1 is 1.07 bits per heavy atom. The van der Waals surface area contributed by atoms with Crippen LogP contribution in [-0.2, 0) is 7.05 Å². The molecule has 4 heteroatoms. The standard InChI is InChI=1S/C25H38N4/c1-17-18(16-27-29(17)4)15-26-28-23-11-10-21-20-9-8-19-7-5-6-13-24(19,2)22(20)12-14-25(21,23)3/h15-16,19-22H,5-14H2,1-4H3/b26-15-,28-23+/t19-,20+,21+,22+,24-,25+/m0/s1. The lowest BCUT2D eigenvalue weighted by Gasteiger charge is -2.59. The number of aromatic nitrogens is 2. The zero-order valence-corrected chi connectivity index (χ0v) is 18.8. The van der Waals surface area contributed by atoms with E-state index in [0.29, 0.717) is 5.41 Å². The highest BCUT2D eigenvalue weighted by Gasteiger charge is 2.58. The fourth-order valence-corrected chi connectivity index (χ4v) is 8.05. The third-order valence-corrected chi connectivity index (χ3v) is 9.97. The van der Waals surface area contributed by atoms with Crippen molar-refractivity contribution in [1.29, 1.82) is 0 Å². The maximum absolute atomic E-state index is 4.81. The zero-order valence-electron chi connectivity index (χ0n) is 18.8. The van der Waals surface area contributed by atoms with Crippen molar-refractivity contribution in [2.75, 3.05) is 0 Å². The molecule has 0 aliphatic heterocycles. The summed E-state index contributed by atoms with van der Waals surface area (Å²) in [6.45, 7) is 7.26. The first-order valence-corrected chi connectivity index (χ1v) is 12.0. The van der Waals surface area contributed by atoms with Gasteiger partial charge < -0.3 is 0 Å². The Bertz CT molecular complexity index is 836. The van der Waals surface area contributed by atoms with Gasteiger partial charge in [0.05, 0.1) is 12.4 Å². The van der Waals surface area contributed by atoms with Gasteiger partial charge in [0, 0.05) is 29.4 Å². The van der Waals surface area contributed by atoms with Crippen LogP contribution in [0.5, 0.6) is 0 Å². The Morgan fingerprint density at radius 2 is 1.93 bits per heavy atom. The monoisotopic (exact) mass is 394 g/mol. The number of hydrogen-bond donors (Lipinski definition) is 0. The van der Waals surface area contributed by atoms with Crippen molar-refractivity contribution in [2.45, 2.75) is 85.0 Å². The molecule has 4 nitrogen and oxygen atoms in total. The summed E-state index contributed by atoms with van der Waals surface area (Å²) in [6.07, 6.45) is 17.9. The third kappa shape index (κ3) is 2.96. The molecule has 29 heavy (non-hydrogen) atoms. The maximum atomic E-state index is 4.81. The number of nitrogens with zero attached hydrogens (tertiary/aromatic N) is 4. The normalized spacial score (nSPS) is 43.4. The molecule has 158 valence electrons. The van der Waals surface area contributed by atoms with Gasteiger partial charge in [-0.1, -0.05) is 26.7 Å². The fourth-order valence-electron chi connectivity index (χ4n) is 8.05. The lowest BCUT2D eigenvalue weighted by molar-refractivity contribution is -0.0936. The number of rotatable bonds is 2. The summed E-state index contributed by atoms with van der Waals surface area (Å²) in [5.41, 5.74) is 4.49. The Balaban J connectivity index is 1.37. The first kappa shape index (κ1) is 19.5. The summed E-state index contributed by atoms with van der Waals surface area (Å²) in [5, 5.41) is 13.6. The van der Waals surface area contributed by atoms with Gasteiger partial charge in [0.15, 0.2) is 0 Å². The Morgan fingerprint density at radius 3 is 2.72 bits per heavy atom.